The molecule has 0 amide bonds. The van der Waals surface area contributed by atoms with E-state index in [2.05, 4.69) is 35.6 Å². The number of carbonyl (C=O) groups is 1. The van der Waals surface area contributed by atoms with E-state index in [0.29, 0.717) is 30.0 Å². The van der Waals surface area contributed by atoms with E-state index >= 15 is 0 Å². The second-order valence-corrected chi connectivity index (χ2v) is 10.9. The smallest absolute Gasteiger partial charge is 0.305 e. The van der Waals surface area contributed by atoms with Gasteiger partial charge in [0, 0.05) is 62.3 Å². The number of rotatable bonds is 11. The zero-order valence-electron chi connectivity index (χ0n) is 22.8. The number of carboxylic acid groups (broad SMARTS) is 1. The molecule has 8 nitrogen and oxygen atoms in total. The van der Waals surface area contributed by atoms with Gasteiger partial charge in [-0.15, -0.1) is 0 Å². The number of carboxylic acids is 1. The number of pyridine rings is 1. The van der Waals surface area contributed by atoms with Crippen LogP contribution >= 0.6 is 11.6 Å². The summed E-state index contributed by atoms with van der Waals surface area (Å²) in [7, 11) is 1.60. The predicted octanol–water partition coefficient (Wildman–Crippen LogP) is 5.52. The van der Waals surface area contributed by atoms with Gasteiger partial charge in [-0.3, -0.25) is 4.79 Å². The Hall–Kier alpha value is -2.71. The van der Waals surface area contributed by atoms with Crippen LogP contribution in [0, 0.1) is 11.8 Å². The molecule has 1 N–H and O–H groups in total. The van der Waals surface area contributed by atoms with Crippen LogP contribution in [-0.2, 0) is 9.53 Å². The summed E-state index contributed by atoms with van der Waals surface area (Å²) in [4.78, 5) is 20.2. The summed E-state index contributed by atoms with van der Waals surface area (Å²) in [6.07, 6.45) is 4.80. The molecule has 0 bridgehead atoms. The fraction of sp³-hybridized carbons (Fsp3) is 0.586. The van der Waals surface area contributed by atoms with E-state index in [4.69, 9.17) is 25.8 Å². The summed E-state index contributed by atoms with van der Waals surface area (Å²) in [6.45, 7) is 9.48. The number of methoxy groups -OCH3 is 1. The van der Waals surface area contributed by atoms with Crippen LogP contribution in [0.2, 0.25) is 5.02 Å². The zero-order chi connectivity index (χ0) is 27.2. The van der Waals surface area contributed by atoms with Crippen LogP contribution < -0.4 is 19.3 Å². The molecule has 2 saturated heterocycles. The Morgan fingerprint density at radius 2 is 1.95 bits per heavy atom. The van der Waals surface area contributed by atoms with Crippen LogP contribution in [0.4, 0.5) is 11.4 Å². The van der Waals surface area contributed by atoms with E-state index in [9.17, 15) is 9.90 Å². The monoisotopic (exact) mass is 545 g/mol. The van der Waals surface area contributed by atoms with Crippen molar-refractivity contribution >= 4 is 28.9 Å². The maximum Gasteiger partial charge on any atom is 0.305 e. The third-order valence-corrected chi connectivity index (χ3v) is 8.12. The number of piperidine rings is 1. The van der Waals surface area contributed by atoms with Gasteiger partial charge >= 0.3 is 5.97 Å². The van der Waals surface area contributed by atoms with Gasteiger partial charge in [0.05, 0.1) is 36.5 Å². The van der Waals surface area contributed by atoms with Gasteiger partial charge in [-0.05, 0) is 30.7 Å². The lowest BCUT2D eigenvalue weighted by Gasteiger charge is -2.38. The minimum absolute atomic E-state index is 0.0294. The molecular formula is C29H40ClN3O5. The van der Waals surface area contributed by atoms with Crippen LogP contribution in [0.1, 0.15) is 46.5 Å². The first kappa shape index (κ1) is 28.3. The standard InChI is InChI=1S/C29H40ClN3O5/c1-5-6-13-37-27-18-33(24(20(27)3)15-29(34)35)21-7-9-22(10-8-21)38-26-11-12-32(17-19(26)2)25-14-28(36-4)31-16-23(25)30/h7-10,14,16,19-20,24,26-27H,5-6,11-13,15,17-18H2,1-4H3,(H,34,35)/t19?,20-,24-,26?,27-/m0/s1. The fourth-order valence-electron chi connectivity index (χ4n) is 5.56. The van der Waals surface area contributed by atoms with Crippen molar-refractivity contribution in [1.82, 2.24) is 4.98 Å². The molecule has 1 aromatic carbocycles. The lowest BCUT2D eigenvalue weighted by molar-refractivity contribution is -0.137. The molecule has 0 aliphatic carbocycles. The minimum Gasteiger partial charge on any atom is -0.490 e. The van der Waals surface area contributed by atoms with Crippen LogP contribution in [-0.4, -0.2) is 67.7 Å². The fourth-order valence-corrected chi connectivity index (χ4v) is 5.78. The van der Waals surface area contributed by atoms with Crippen molar-refractivity contribution in [2.45, 2.75) is 64.7 Å². The zero-order valence-corrected chi connectivity index (χ0v) is 23.6. The first-order valence-corrected chi connectivity index (χ1v) is 14.0. The van der Waals surface area contributed by atoms with Gasteiger partial charge in [0.15, 0.2) is 0 Å². The van der Waals surface area contributed by atoms with Gasteiger partial charge in [-0.1, -0.05) is 38.8 Å². The van der Waals surface area contributed by atoms with Gasteiger partial charge in [0.25, 0.3) is 0 Å². The quantitative estimate of drug-likeness (QED) is 0.369. The molecule has 2 aliphatic heterocycles. The minimum atomic E-state index is -0.784. The molecule has 208 valence electrons. The molecule has 2 unspecified atom stereocenters. The highest BCUT2D eigenvalue weighted by Gasteiger charge is 2.41. The molecule has 4 rings (SSSR count). The van der Waals surface area contributed by atoms with Crippen molar-refractivity contribution in [3.05, 3.63) is 41.6 Å². The molecule has 5 atom stereocenters. The van der Waals surface area contributed by atoms with Gasteiger partial charge in [0.2, 0.25) is 5.88 Å². The number of anilines is 2. The molecule has 0 radical (unpaired) electrons. The highest BCUT2D eigenvalue weighted by atomic mass is 35.5. The van der Waals surface area contributed by atoms with E-state index in [1.165, 1.54) is 0 Å². The number of aromatic nitrogens is 1. The number of unbranched alkanes of at least 4 members (excludes halogenated alkanes) is 1. The normalized spacial score (nSPS) is 25.4. The van der Waals surface area contributed by atoms with E-state index in [0.717, 1.165) is 49.5 Å². The maximum absolute atomic E-state index is 11.6. The Morgan fingerprint density at radius 1 is 1.18 bits per heavy atom. The Balaban J connectivity index is 1.39. The summed E-state index contributed by atoms with van der Waals surface area (Å²) >= 11 is 6.42. The van der Waals surface area contributed by atoms with E-state index in [1.807, 2.05) is 30.3 Å². The third-order valence-electron chi connectivity index (χ3n) is 7.83. The Labute approximate surface area is 230 Å². The molecule has 9 heteroatoms. The van der Waals surface area contributed by atoms with E-state index < -0.39 is 5.97 Å². The van der Waals surface area contributed by atoms with Crippen LogP contribution in [0.15, 0.2) is 36.5 Å². The number of ether oxygens (including phenoxy) is 3. The Kier molecular flexibility index (Phi) is 9.60. The van der Waals surface area contributed by atoms with Crippen molar-refractivity contribution < 1.29 is 24.1 Å². The predicted molar refractivity (Wildman–Crippen MR) is 150 cm³/mol. The Bertz CT molecular complexity index is 1070. The first-order valence-electron chi connectivity index (χ1n) is 13.6. The summed E-state index contributed by atoms with van der Waals surface area (Å²) in [5, 5.41) is 10.1. The molecule has 38 heavy (non-hydrogen) atoms. The summed E-state index contributed by atoms with van der Waals surface area (Å²) in [6, 6.07) is 9.83. The van der Waals surface area contributed by atoms with Gasteiger partial charge < -0.3 is 29.1 Å². The lowest BCUT2D eigenvalue weighted by Crippen LogP contribution is -2.44. The number of hydrogen-bond acceptors (Lipinski definition) is 7. The topological polar surface area (TPSA) is 84.4 Å². The summed E-state index contributed by atoms with van der Waals surface area (Å²) in [5.41, 5.74) is 1.93. The SMILES string of the molecule is CCCCO[C@H]1CN(c2ccc(OC3CCN(c4cc(OC)ncc4Cl)CC3C)cc2)[C@@H](CC(=O)O)[C@@H]1C. The molecule has 2 aromatic rings. The average molecular weight is 546 g/mol. The van der Waals surface area contributed by atoms with Gasteiger partial charge in [-0.2, -0.15) is 0 Å². The van der Waals surface area contributed by atoms with Crippen molar-refractivity contribution in [2.75, 3.05) is 43.2 Å². The number of nitrogens with zero attached hydrogens (tertiary/aromatic N) is 3. The summed E-state index contributed by atoms with van der Waals surface area (Å²) in [5.74, 6) is 1.01. The van der Waals surface area contributed by atoms with Gasteiger partial charge in [-0.25, -0.2) is 4.98 Å². The molecule has 0 spiro atoms. The molecule has 1 aromatic heterocycles. The highest BCUT2D eigenvalue weighted by molar-refractivity contribution is 6.33. The molecule has 3 heterocycles. The molecule has 0 saturated carbocycles. The van der Waals surface area contributed by atoms with Crippen molar-refractivity contribution in [1.29, 1.82) is 0 Å². The first-order chi connectivity index (χ1) is 18.3. The Morgan fingerprint density at radius 3 is 2.61 bits per heavy atom. The number of hydrogen-bond donors (Lipinski definition) is 1. The van der Waals surface area contributed by atoms with Gasteiger partial charge in [0.1, 0.15) is 11.9 Å². The summed E-state index contributed by atoms with van der Waals surface area (Å²) < 4.78 is 17.8. The molecule has 2 aliphatic rings. The van der Waals surface area contributed by atoms with Crippen LogP contribution in [0.3, 0.4) is 0 Å². The van der Waals surface area contributed by atoms with E-state index in [-0.39, 0.29) is 30.6 Å². The van der Waals surface area contributed by atoms with Crippen LogP contribution in [0.25, 0.3) is 0 Å². The van der Waals surface area contributed by atoms with Crippen molar-refractivity contribution in [2.24, 2.45) is 11.8 Å². The largest absolute Gasteiger partial charge is 0.490 e. The second-order valence-electron chi connectivity index (χ2n) is 10.5. The maximum atomic E-state index is 11.6. The highest BCUT2D eigenvalue weighted by Crippen LogP contribution is 2.36. The second kappa shape index (κ2) is 12.9. The molecular weight excluding hydrogens is 506 g/mol. The number of halogens is 1. The van der Waals surface area contributed by atoms with Crippen molar-refractivity contribution in [3.63, 3.8) is 0 Å². The van der Waals surface area contributed by atoms with E-state index in [1.54, 1.807) is 13.3 Å². The third kappa shape index (κ3) is 6.64. The number of aliphatic carboxylic acids is 1. The van der Waals surface area contributed by atoms with Crippen LogP contribution in [0.5, 0.6) is 11.6 Å². The lowest BCUT2D eigenvalue weighted by atomic mass is 9.96. The van der Waals surface area contributed by atoms with Crippen molar-refractivity contribution in [3.8, 4) is 11.6 Å². The average Bonchev–Trinajstić information content (AvgIpc) is 3.20. The molecule has 2 fully saturated rings. The number of benzene rings is 1.